The van der Waals surface area contributed by atoms with Crippen LogP contribution in [-0.2, 0) is 16.1 Å². The lowest BCUT2D eigenvalue weighted by Crippen LogP contribution is -2.50. The van der Waals surface area contributed by atoms with Gasteiger partial charge in [-0.05, 0) is 18.9 Å². The Hall–Kier alpha value is -1.88. The van der Waals surface area contributed by atoms with Crippen molar-refractivity contribution in [3.63, 3.8) is 0 Å². The molecule has 1 aromatic carbocycles. The van der Waals surface area contributed by atoms with Crippen LogP contribution in [0.1, 0.15) is 39.7 Å². The predicted octanol–water partition coefficient (Wildman–Crippen LogP) is 2.27. The summed E-state index contributed by atoms with van der Waals surface area (Å²) in [5.41, 5.74) is 0.813. The zero-order chi connectivity index (χ0) is 18.4. The van der Waals surface area contributed by atoms with Crippen LogP contribution in [0.25, 0.3) is 0 Å². The maximum atomic E-state index is 12.7. The van der Waals surface area contributed by atoms with Crippen molar-refractivity contribution in [2.75, 3.05) is 26.2 Å². The number of nitrogens with one attached hydrogen (secondary N) is 1. The minimum absolute atomic E-state index is 0.0131. The minimum Gasteiger partial charge on any atom is -0.344 e. The average Bonchev–Trinajstić information content (AvgIpc) is 2.79. The summed E-state index contributed by atoms with van der Waals surface area (Å²) in [5, 5.41) is 2.84. The molecular weight excluding hydrogens is 314 g/mol. The minimum atomic E-state index is -0.486. The Bertz CT molecular complexity index is 580. The van der Waals surface area contributed by atoms with Crippen LogP contribution in [0.3, 0.4) is 0 Å². The molecule has 138 valence electrons. The van der Waals surface area contributed by atoms with Crippen molar-refractivity contribution in [2.24, 2.45) is 5.41 Å². The van der Waals surface area contributed by atoms with Crippen molar-refractivity contribution in [1.82, 2.24) is 15.1 Å². The second-order valence-corrected chi connectivity index (χ2v) is 7.89. The van der Waals surface area contributed by atoms with Crippen LogP contribution in [0.4, 0.5) is 0 Å². The maximum Gasteiger partial charge on any atom is 0.244 e. The Kier molecular flexibility index (Phi) is 6.59. The summed E-state index contributed by atoms with van der Waals surface area (Å²) >= 11 is 0. The summed E-state index contributed by atoms with van der Waals surface area (Å²) in [7, 11) is 0. The monoisotopic (exact) mass is 345 g/mol. The largest absolute Gasteiger partial charge is 0.344 e. The molecule has 0 spiro atoms. The van der Waals surface area contributed by atoms with E-state index in [4.69, 9.17) is 0 Å². The van der Waals surface area contributed by atoms with Gasteiger partial charge in [-0.25, -0.2) is 0 Å². The molecule has 1 fully saturated rings. The lowest BCUT2D eigenvalue weighted by Gasteiger charge is -2.27. The van der Waals surface area contributed by atoms with Crippen molar-refractivity contribution >= 4 is 11.8 Å². The highest BCUT2D eigenvalue weighted by molar-refractivity contribution is 5.89. The zero-order valence-electron chi connectivity index (χ0n) is 15.9. The second-order valence-electron chi connectivity index (χ2n) is 7.89. The van der Waals surface area contributed by atoms with Crippen LogP contribution in [-0.4, -0.2) is 53.8 Å². The molecule has 1 unspecified atom stereocenters. The fraction of sp³-hybridized carbons (Fsp3) is 0.600. The van der Waals surface area contributed by atoms with Crippen molar-refractivity contribution in [1.29, 1.82) is 0 Å². The Balaban J connectivity index is 1.87. The molecule has 5 nitrogen and oxygen atoms in total. The smallest absolute Gasteiger partial charge is 0.244 e. The fourth-order valence-corrected chi connectivity index (χ4v) is 2.94. The van der Waals surface area contributed by atoms with Gasteiger partial charge < -0.3 is 10.2 Å². The lowest BCUT2D eigenvalue weighted by molar-refractivity contribution is -0.138. The molecule has 0 saturated carbocycles. The van der Waals surface area contributed by atoms with Crippen LogP contribution in [0.5, 0.6) is 0 Å². The molecule has 1 aliphatic rings. The molecule has 5 heteroatoms. The summed E-state index contributed by atoms with van der Waals surface area (Å²) in [5.74, 6) is -0.0759. The lowest BCUT2D eigenvalue weighted by atomic mass is 9.95. The standard InChI is InChI=1S/C20H31N3O2/c1-16(21-19(25)20(2,3)4)18(24)23-12-8-11-22(13-14-23)15-17-9-6-5-7-10-17/h5-7,9-10,16H,8,11-15H2,1-4H3,(H,21,25). The van der Waals surface area contributed by atoms with Gasteiger partial charge in [0.15, 0.2) is 0 Å². The van der Waals surface area contributed by atoms with E-state index < -0.39 is 11.5 Å². The number of nitrogens with zero attached hydrogens (tertiary/aromatic N) is 2. The van der Waals surface area contributed by atoms with E-state index >= 15 is 0 Å². The van der Waals surface area contributed by atoms with Crippen LogP contribution >= 0.6 is 0 Å². The molecule has 2 amide bonds. The number of carbonyl (C=O) groups is 2. The fourth-order valence-electron chi connectivity index (χ4n) is 2.94. The van der Waals surface area contributed by atoms with E-state index in [1.165, 1.54) is 5.56 Å². The first-order chi connectivity index (χ1) is 11.8. The summed E-state index contributed by atoms with van der Waals surface area (Å²) in [4.78, 5) is 29.0. The van der Waals surface area contributed by atoms with Crippen molar-refractivity contribution in [3.8, 4) is 0 Å². The summed E-state index contributed by atoms with van der Waals surface area (Å²) in [6, 6.07) is 9.94. The second kappa shape index (κ2) is 8.48. The molecule has 0 bridgehead atoms. The summed E-state index contributed by atoms with van der Waals surface area (Å²) in [6.07, 6.45) is 0.957. The number of amides is 2. The molecule has 0 radical (unpaired) electrons. The SMILES string of the molecule is CC(NC(=O)C(C)(C)C)C(=O)N1CCCN(Cc2ccccc2)CC1. The molecule has 0 aromatic heterocycles. The third-order valence-electron chi connectivity index (χ3n) is 4.55. The highest BCUT2D eigenvalue weighted by Crippen LogP contribution is 2.14. The number of rotatable bonds is 4. The zero-order valence-corrected chi connectivity index (χ0v) is 15.9. The predicted molar refractivity (Wildman–Crippen MR) is 100.0 cm³/mol. The van der Waals surface area contributed by atoms with E-state index in [-0.39, 0.29) is 11.8 Å². The van der Waals surface area contributed by atoms with Crippen LogP contribution in [0.15, 0.2) is 30.3 Å². The van der Waals surface area contributed by atoms with Crippen molar-refractivity contribution in [2.45, 2.75) is 46.7 Å². The highest BCUT2D eigenvalue weighted by Gasteiger charge is 2.28. The van der Waals surface area contributed by atoms with Crippen LogP contribution in [0, 0.1) is 5.41 Å². The third-order valence-corrected chi connectivity index (χ3v) is 4.55. The van der Waals surface area contributed by atoms with E-state index in [1.54, 1.807) is 6.92 Å². The number of hydrogen-bond donors (Lipinski definition) is 1. The van der Waals surface area contributed by atoms with Crippen molar-refractivity contribution in [3.05, 3.63) is 35.9 Å². The van der Waals surface area contributed by atoms with E-state index in [9.17, 15) is 9.59 Å². The van der Waals surface area contributed by atoms with Gasteiger partial charge in [0.1, 0.15) is 6.04 Å². The van der Waals surface area contributed by atoms with Crippen molar-refractivity contribution < 1.29 is 9.59 Å². The molecule has 2 rings (SSSR count). The molecule has 1 aliphatic heterocycles. The van der Waals surface area contributed by atoms with Gasteiger partial charge >= 0.3 is 0 Å². The summed E-state index contributed by atoms with van der Waals surface area (Å²) in [6.45, 7) is 11.6. The van der Waals surface area contributed by atoms with Gasteiger partial charge in [-0.2, -0.15) is 0 Å². The third kappa shape index (κ3) is 5.85. The molecule has 1 saturated heterocycles. The molecule has 0 aliphatic carbocycles. The molecule has 1 heterocycles. The first kappa shape index (κ1) is 19.4. The van der Waals surface area contributed by atoms with Gasteiger partial charge in [0.2, 0.25) is 11.8 Å². The Morgan fingerprint density at radius 2 is 1.76 bits per heavy atom. The van der Waals surface area contributed by atoms with Gasteiger partial charge in [-0.3, -0.25) is 14.5 Å². The van der Waals surface area contributed by atoms with Gasteiger partial charge in [0.05, 0.1) is 0 Å². The number of benzene rings is 1. The Morgan fingerprint density at radius 1 is 1.08 bits per heavy atom. The first-order valence-corrected chi connectivity index (χ1v) is 9.13. The van der Waals surface area contributed by atoms with E-state index in [2.05, 4.69) is 34.5 Å². The van der Waals surface area contributed by atoms with Crippen LogP contribution in [0.2, 0.25) is 0 Å². The number of hydrogen-bond acceptors (Lipinski definition) is 3. The number of carbonyl (C=O) groups excluding carboxylic acids is 2. The molecule has 1 N–H and O–H groups in total. The van der Waals surface area contributed by atoms with Crippen LogP contribution < -0.4 is 5.32 Å². The quantitative estimate of drug-likeness (QED) is 0.911. The summed E-state index contributed by atoms with van der Waals surface area (Å²) < 4.78 is 0. The normalized spacial score (nSPS) is 17.7. The van der Waals surface area contributed by atoms with E-state index in [1.807, 2.05) is 31.7 Å². The first-order valence-electron chi connectivity index (χ1n) is 9.13. The topological polar surface area (TPSA) is 52.7 Å². The molecule has 1 atom stereocenters. The van der Waals surface area contributed by atoms with Gasteiger partial charge in [-0.1, -0.05) is 51.1 Å². The molecule has 1 aromatic rings. The Labute approximate surface area is 151 Å². The van der Waals surface area contributed by atoms with Gasteiger partial charge in [0, 0.05) is 38.1 Å². The Morgan fingerprint density at radius 3 is 2.40 bits per heavy atom. The maximum absolute atomic E-state index is 12.7. The highest BCUT2D eigenvalue weighted by atomic mass is 16.2. The van der Waals surface area contributed by atoms with E-state index in [0.717, 1.165) is 32.6 Å². The average molecular weight is 345 g/mol. The molecule has 25 heavy (non-hydrogen) atoms. The van der Waals surface area contributed by atoms with Gasteiger partial charge in [0.25, 0.3) is 0 Å². The molecular formula is C20H31N3O2. The van der Waals surface area contributed by atoms with Gasteiger partial charge in [-0.15, -0.1) is 0 Å². The van der Waals surface area contributed by atoms with E-state index in [0.29, 0.717) is 6.54 Å².